The zero-order chi connectivity index (χ0) is 14.1. The van der Waals surface area contributed by atoms with E-state index in [0.29, 0.717) is 11.3 Å². The molecule has 0 saturated carbocycles. The van der Waals surface area contributed by atoms with Gasteiger partial charge in [-0.2, -0.15) is 0 Å². The molecule has 0 radical (unpaired) electrons. The van der Waals surface area contributed by atoms with Gasteiger partial charge >= 0.3 is 0 Å². The summed E-state index contributed by atoms with van der Waals surface area (Å²) in [6, 6.07) is 5.70. The number of aromatic nitrogens is 2. The van der Waals surface area contributed by atoms with Crippen molar-refractivity contribution in [1.82, 2.24) is 9.97 Å². The molecule has 0 aliphatic carbocycles. The molecule has 0 saturated heterocycles. The Labute approximate surface area is 118 Å². The van der Waals surface area contributed by atoms with Crippen molar-refractivity contribution in [2.75, 3.05) is 0 Å². The zero-order valence-electron chi connectivity index (χ0n) is 10.6. The Morgan fingerprint density at radius 3 is 2.70 bits per heavy atom. The molecule has 0 atom stereocenters. The third-order valence-corrected chi connectivity index (χ3v) is 3.86. The highest BCUT2D eigenvalue weighted by Crippen LogP contribution is 2.30. The molecule has 0 unspecified atom stereocenters. The van der Waals surface area contributed by atoms with Crippen LogP contribution in [0.25, 0.3) is 21.8 Å². The Hall–Kier alpha value is -2.14. The van der Waals surface area contributed by atoms with E-state index in [2.05, 4.69) is 9.97 Å². The normalized spacial score (nSPS) is 10.8. The second-order valence-corrected chi connectivity index (χ2v) is 5.22. The third kappa shape index (κ3) is 2.32. The van der Waals surface area contributed by atoms with E-state index in [0.717, 1.165) is 28.3 Å². The molecule has 0 bridgehead atoms. The van der Waals surface area contributed by atoms with E-state index in [4.69, 9.17) is 0 Å². The van der Waals surface area contributed by atoms with Crippen LogP contribution in [0.3, 0.4) is 0 Å². The van der Waals surface area contributed by atoms with E-state index in [1.807, 2.05) is 18.4 Å². The molecule has 0 amide bonds. The fourth-order valence-electron chi connectivity index (χ4n) is 1.87. The quantitative estimate of drug-likeness (QED) is 0.696. The van der Waals surface area contributed by atoms with E-state index < -0.39 is 11.6 Å². The van der Waals surface area contributed by atoms with Crippen LogP contribution in [0.15, 0.2) is 42.0 Å². The van der Waals surface area contributed by atoms with Crippen molar-refractivity contribution >= 4 is 11.3 Å². The Kier molecular flexibility index (Phi) is 3.28. The van der Waals surface area contributed by atoms with Gasteiger partial charge in [-0.25, -0.2) is 13.8 Å². The van der Waals surface area contributed by atoms with Crippen LogP contribution in [0.1, 0.15) is 5.56 Å². The Morgan fingerprint density at radius 1 is 1.10 bits per heavy atom. The Bertz CT molecular complexity index is 768. The molecule has 3 rings (SSSR count). The SMILES string of the molecule is Cc1ccncc1-c1nc(-c2ccc(F)c(F)c2)cs1. The number of pyridine rings is 1. The average molecular weight is 288 g/mol. The van der Waals surface area contributed by atoms with Gasteiger partial charge in [0, 0.05) is 28.9 Å². The summed E-state index contributed by atoms with van der Waals surface area (Å²) >= 11 is 1.45. The summed E-state index contributed by atoms with van der Waals surface area (Å²) in [5, 5.41) is 2.64. The van der Waals surface area contributed by atoms with Gasteiger partial charge in [0.15, 0.2) is 11.6 Å². The summed E-state index contributed by atoms with van der Waals surface area (Å²) in [6.07, 6.45) is 3.48. The lowest BCUT2D eigenvalue weighted by molar-refractivity contribution is 0.509. The topological polar surface area (TPSA) is 25.8 Å². The summed E-state index contributed by atoms with van der Waals surface area (Å²) in [7, 11) is 0. The van der Waals surface area contributed by atoms with Gasteiger partial charge in [-0.15, -0.1) is 11.3 Å². The van der Waals surface area contributed by atoms with Crippen LogP contribution in [0.2, 0.25) is 0 Å². The standard InChI is InChI=1S/C15H10F2N2S/c1-9-4-5-18-7-11(9)15-19-14(8-20-15)10-2-3-12(16)13(17)6-10/h2-8H,1H3. The van der Waals surface area contributed by atoms with Gasteiger partial charge < -0.3 is 0 Å². The number of hydrogen-bond donors (Lipinski definition) is 0. The zero-order valence-corrected chi connectivity index (χ0v) is 11.4. The summed E-state index contributed by atoms with van der Waals surface area (Å²) in [5.41, 5.74) is 3.22. The average Bonchev–Trinajstić information content (AvgIpc) is 2.92. The minimum absolute atomic E-state index is 0.563. The van der Waals surface area contributed by atoms with Crippen molar-refractivity contribution in [3.05, 3.63) is 59.2 Å². The first-order chi connectivity index (χ1) is 9.65. The van der Waals surface area contributed by atoms with Gasteiger partial charge in [-0.05, 0) is 36.8 Å². The van der Waals surface area contributed by atoms with Crippen LogP contribution < -0.4 is 0 Å². The Morgan fingerprint density at radius 2 is 1.95 bits per heavy atom. The minimum atomic E-state index is -0.866. The molecule has 0 aliphatic heterocycles. The van der Waals surface area contributed by atoms with Crippen LogP contribution in [-0.4, -0.2) is 9.97 Å². The summed E-state index contributed by atoms with van der Waals surface area (Å²) in [5.74, 6) is -1.72. The first-order valence-corrected chi connectivity index (χ1v) is 6.85. The lowest BCUT2D eigenvalue weighted by Crippen LogP contribution is -1.87. The molecule has 1 aromatic carbocycles. The molecular formula is C15H10F2N2S. The molecule has 2 heterocycles. The van der Waals surface area contributed by atoms with Crippen LogP contribution in [-0.2, 0) is 0 Å². The molecule has 5 heteroatoms. The van der Waals surface area contributed by atoms with Crippen molar-refractivity contribution in [1.29, 1.82) is 0 Å². The predicted octanol–water partition coefficient (Wildman–Crippen LogP) is 4.46. The van der Waals surface area contributed by atoms with Crippen molar-refractivity contribution in [3.8, 4) is 21.8 Å². The number of thiazole rings is 1. The fraction of sp³-hybridized carbons (Fsp3) is 0.0667. The molecule has 3 aromatic rings. The summed E-state index contributed by atoms with van der Waals surface area (Å²) < 4.78 is 26.2. The van der Waals surface area contributed by atoms with Crippen LogP contribution >= 0.6 is 11.3 Å². The van der Waals surface area contributed by atoms with Gasteiger partial charge in [0.05, 0.1) is 5.69 Å². The van der Waals surface area contributed by atoms with Crippen LogP contribution in [0.4, 0.5) is 8.78 Å². The number of benzene rings is 1. The molecule has 2 nitrogen and oxygen atoms in total. The van der Waals surface area contributed by atoms with Gasteiger partial charge in [0.1, 0.15) is 5.01 Å². The predicted molar refractivity (Wildman–Crippen MR) is 75.4 cm³/mol. The van der Waals surface area contributed by atoms with E-state index in [1.165, 1.54) is 17.4 Å². The largest absolute Gasteiger partial charge is 0.264 e. The smallest absolute Gasteiger partial charge is 0.159 e. The highest BCUT2D eigenvalue weighted by atomic mass is 32.1. The van der Waals surface area contributed by atoms with Crippen molar-refractivity contribution in [2.45, 2.75) is 6.92 Å². The van der Waals surface area contributed by atoms with Crippen molar-refractivity contribution < 1.29 is 8.78 Å². The second kappa shape index (κ2) is 5.09. The Balaban J connectivity index is 2.02. The minimum Gasteiger partial charge on any atom is -0.264 e. The fourth-order valence-corrected chi connectivity index (χ4v) is 2.78. The summed E-state index contributed by atoms with van der Waals surface area (Å²) in [4.78, 5) is 8.56. The monoisotopic (exact) mass is 288 g/mol. The number of halogens is 2. The highest BCUT2D eigenvalue weighted by molar-refractivity contribution is 7.13. The van der Waals surface area contributed by atoms with Gasteiger partial charge in [-0.1, -0.05) is 0 Å². The van der Waals surface area contributed by atoms with Crippen LogP contribution in [0.5, 0.6) is 0 Å². The molecule has 2 aromatic heterocycles. The lowest BCUT2D eigenvalue weighted by Gasteiger charge is -2.00. The first kappa shape index (κ1) is 12.9. The molecule has 0 fully saturated rings. The van der Waals surface area contributed by atoms with Gasteiger partial charge in [-0.3, -0.25) is 4.98 Å². The van der Waals surface area contributed by atoms with Gasteiger partial charge in [0.2, 0.25) is 0 Å². The van der Waals surface area contributed by atoms with E-state index >= 15 is 0 Å². The molecule has 20 heavy (non-hydrogen) atoms. The van der Waals surface area contributed by atoms with Crippen molar-refractivity contribution in [3.63, 3.8) is 0 Å². The van der Waals surface area contributed by atoms with E-state index in [1.54, 1.807) is 12.4 Å². The van der Waals surface area contributed by atoms with E-state index in [-0.39, 0.29) is 0 Å². The lowest BCUT2D eigenvalue weighted by atomic mass is 10.1. The number of nitrogens with zero attached hydrogens (tertiary/aromatic N) is 2. The summed E-state index contributed by atoms with van der Waals surface area (Å²) in [6.45, 7) is 1.98. The maximum absolute atomic E-state index is 13.2. The number of hydrogen-bond acceptors (Lipinski definition) is 3. The van der Waals surface area contributed by atoms with E-state index in [9.17, 15) is 8.78 Å². The second-order valence-electron chi connectivity index (χ2n) is 4.36. The molecular weight excluding hydrogens is 278 g/mol. The van der Waals surface area contributed by atoms with Gasteiger partial charge in [0.25, 0.3) is 0 Å². The third-order valence-electron chi connectivity index (χ3n) is 2.99. The molecule has 0 aliphatic rings. The highest BCUT2D eigenvalue weighted by Gasteiger charge is 2.10. The maximum Gasteiger partial charge on any atom is 0.159 e. The van der Waals surface area contributed by atoms with Crippen molar-refractivity contribution in [2.24, 2.45) is 0 Å². The molecule has 0 N–H and O–H groups in total. The number of aryl methyl sites for hydroxylation is 1. The first-order valence-electron chi connectivity index (χ1n) is 5.97. The maximum atomic E-state index is 13.2. The molecule has 0 spiro atoms. The van der Waals surface area contributed by atoms with Crippen LogP contribution in [0, 0.1) is 18.6 Å². The number of rotatable bonds is 2. The molecule has 100 valence electrons.